The Balaban J connectivity index is 2.10. The molecule has 2 aromatic rings. The Morgan fingerprint density at radius 3 is 2.37 bits per heavy atom. The average molecular weight is 250 g/mol. The first-order chi connectivity index (χ1) is 9.22. The van der Waals surface area contributed by atoms with E-state index in [1.54, 1.807) is 6.92 Å². The van der Waals surface area contributed by atoms with Crippen LogP contribution in [0.3, 0.4) is 0 Å². The van der Waals surface area contributed by atoms with Crippen molar-refractivity contribution in [2.75, 3.05) is 6.61 Å². The SMILES string of the molecule is C=C(C(=O)OCC)c1ccc2c(c1)=c1ccccc1=2. The number of rotatable bonds is 3. The molecule has 0 saturated heterocycles. The highest BCUT2D eigenvalue weighted by atomic mass is 16.5. The molecule has 0 unspecified atom stereocenters. The summed E-state index contributed by atoms with van der Waals surface area (Å²) in [5.41, 5.74) is 1.24. The van der Waals surface area contributed by atoms with Crippen LogP contribution in [0.1, 0.15) is 12.5 Å². The van der Waals surface area contributed by atoms with Crippen molar-refractivity contribution in [2.24, 2.45) is 0 Å². The van der Waals surface area contributed by atoms with Gasteiger partial charge < -0.3 is 4.74 Å². The minimum absolute atomic E-state index is 0.352. The minimum Gasteiger partial charge on any atom is -0.462 e. The van der Waals surface area contributed by atoms with E-state index in [0.717, 1.165) is 5.56 Å². The lowest BCUT2D eigenvalue weighted by molar-refractivity contribution is -0.136. The van der Waals surface area contributed by atoms with Crippen molar-refractivity contribution in [2.45, 2.75) is 6.92 Å². The summed E-state index contributed by atoms with van der Waals surface area (Å²) in [5, 5.41) is 4.91. The lowest BCUT2D eigenvalue weighted by Gasteiger charge is -2.09. The van der Waals surface area contributed by atoms with Crippen LogP contribution in [0, 0.1) is 20.9 Å². The molecular formula is C17H14O2. The first kappa shape index (κ1) is 11.7. The maximum atomic E-state index is 11.7. The minimum atomic E-state index is -0.352. The Kier molecular flexibility index (Phi) is 2.71. The van der Waals surface area contributed by atoms with E-state index in [2.05, 4.69) is 18.7 Å². The molecule has 1 aliphatic carbocycles. The van der Waals surface area contributed by atoms with E-state index in [1.807, 2.05) is 30.3 Å². The molecule has 0 aliphatic heterocycles. The molecule has 19 heavy (non-hydrogen) atoms. The van der Waals surface area contributed by atoms with Crippen molar-refractivity contribution in [1.29, 1.82) is 0 Å². The van der Waals surface area contributed by atoms with Gasteiger partial charge in [-0.05, 0) is 39.4 Å². The van der Waals surface area contributed by atoms with Gasteiger partial charge in [0.05, 0.1) is 12.2 Å². The number of carbonyl (C=O) groups is 1. The predicted molar refractivity (Wildman–Crippen MR) is 73.9 cm³/mol. The molecule has 94 valence electrons. The monoisotopic (exact) mass is 250 g/mol. The highest BCUT2D eigenvalue weighted by molar-refractivity contribution is 6.15. The van der Waals surface area contributed by atoms with Crippen LogP contribution in [0.4, 0.5) is 0 Å². The topological polar surface area (TPSA) is 26.3 Å². The summed E-state index contributed by atoms with van der Waals surface area (Å²) in [5.74, 6) is -0.352. The number of hydrogen-bond acceptors (Lipinski definition) is 2. The van der Waals surface area contributed by atoms with E-state index in [4.69, 9.17) is 4.74 Å². The van der Waals surface area contributed by atoms with Crippen LogP contribution in [-0.2, 0) is 9.53 Å². The molecule has 0 aromatic heterocycles. The highest BCUT2D eigenvalue weighted by Gasteiger charge is 2.11. The summed E-state index contributed by atoms with van der Waals surface area (Å²) in [6.45, 7) is 5.98. The molecule has 2 aromatic carbocycles. The number of fused-ring (bicyclic) bond motifs is 2. The molecule has 2 heteroatoms. The Morgan fingerprint density at radius 2 is 1.68 bits per heavy atom. The average Bonchev–Trinajstić information content (AvgIpc) is 2.43. The second kappa shape index (κ2) is 4.39. The fourth-order valence-corrected chi connectivity index (χ4v) is 2.42. The Labute approximate surface area is 111 Å². The number of hydrogen-bond donors (Lipinski definition) is 0. The van der Waals surface area contributed by atoms with Crippen LogP contribution in [0.5, 0.6) is 0 Å². The van der Waals surface area contributed by atoms with Gasteiger partial charge in [0.25, 0.3) is 0 Å². The Hall–Kier alpha value is -2.35. The van der Waals surface area contributed by atoms with Crippen LogP contribution < -0.4 is 0 Å². The Bertz CT molecular complexity index is 863. The maximum Gasteiger partial charge on any atom is 0.338 e. The lowest BCUT2D eigenvalue weighted by atomic mass is 9.97. The quantitative estimate of drug-likeness (QED) is 0.527. The van der Waals surface area contributed by atoms with Crippen LogP contribution in [0.25, 0.3) is 5.57 Å². The van der Waals surface area contributed by atoms with E-state index < -0.39 is 0 Å². The van der Waals surface area contributed by atoms with E-state index in [0.29, 0.717) is 12.2 Å². The third-order valence-corrected chi connectivity index (χ3v) is 3.40. The summed E-state index contributed by atoms with van der Waals surface area (Å²) < 4.78 is 4.98. The summed E-state index contributed by atoms with van der Waals surface area (Å²) in [6.07, 6.45) is 0. The van der Waals surface area contributed by atoms with Gasteiger partial charge >= 0.3 is 5.97 Å². The first-order valence-electron chi connectivity index (χ1n) is 6.32. The third kappa shape index (κ3) is 1.76. The molecule has 2 nitrogen and oxygen atoms in total. The molecule has 3 rings (SSSR count). The van der Waals surface area contributed by atoms with Crippen LogP contribution in [-0.4, -0.2) is 12.6 Å². The highest BCUT2D eigenvalue weighted by Crippen LogP contribution is 2.19. The van der Waals surface area contributed by atoms with Gasteiger partial charge in [0.1, 0.15) is 0 Å². The standard InChI is InChI=1S/C17H14O2/c1-3-19-17(18)11(2)12-8-9-15-13-6-4-5-7-14(13)16(15)10-12/h4-10H,2-3H2,1H3. The smallest absolute Gasteiger partial charge is 0.338 e. The predicted octanol–water partition coefficient (Wildman–Crippen LogP) is 3.15. The van der Waals surface area contributed by atoms with Gasteiger partial charge in [0, 0.05) is 0 Å². The first-order valence-corrected chi connectivity index (χ1v) is 6.32. The van der Waals surface area contributed by atoms with Gasteiger partial charge in [-0.1, -0.05) is 43.0 Å². The molecule has 0 saturated carbocycles. The molecule has 0 atom stereocenters. The summed E-state index contributed by atoms with van der Waals surface area (Å²) in [7, 11) is 0. The number of carbonyl (C=O) groups excluding carboxylic acids is 1. The Morgan fingerprint density at radius 1 is 1.05 bits per heavy atom. The van der Waals surface area contributed by atoms with E-state index >= 15 is 0 Å². The summed E-state index contributed by atoms with van der Waals surface area (Å²) in [4.78, 5) is 11.7. The van der Waals surface area contributed by atoms with Gasteiger partial charge in [0.15, 0.2) is 0 Å². The lowest BCUT2D eigenvalue weighted by Crippen LogP contribution is -2.06. The molecule has 0 fully saturated rings. The van der Waals surface area contributed by atoms with Gasteiger partial charge in [-0.25, -0.2) is 4.79 Å². The van der Waals surface area contributed by atoms with E-state index in [9.17, 15) is 4.79 Å². The largest absolute Gasteiger partial charge is 0.462 e. The van der Waals surface area contributed by atoms with Gasteiger partial charge in [0.2, 0.25) is 0 Å². The van der Waals surface area contributed by atoms with Crippen molar-refractivity contribution in [3.8, 4) is 0 Å². The molecule has 0 radical (unpaired) electrons. The summed E-state index contributed by atoms with van der Waals surface area (Å²) >= 11 is 0. The number of benzene rings is 2. The van der Waals surface area contributed by atoms with Crippen molar-refractivity contribution in [3.63, 3.8) is 0 Å². The van der Waals surface area contributed by atoms with Crippen LogP contribution in [0.2, 0.25) is 0 Å². The summed E-state index contributed by atoms with van der Waals surface area (Å²) in [6, 6.07) is 14.2. The zero-order chi connectivity index (χ0) is 13.4. The third-order valence-electron chi connectivity index (χ3n) is 3.40. The number of ether oxygens (including phenoxy) is 1. The van der Waals surface area contributed by atoms with Gasteiger partial charge in [-0.2, -0.15) is 0 Å². The van der Waals surface area contributed by atoms with Crippen LogP contribution >= 0.6 is 0 Å². The molecule has 0 amide bonds. The zero-order valence-corrected chi connectivity index (χ0v) is 10.8. The normalized spacial score (nSPS) is 11.0. The van der Waals surface area contributed by atoms with Crippen molar-refractivity contribution < 1.29 is 9.53 Å². The molecule has 0 N–H and O–H groups in total. The second-order valence-electron chi connectivity index (χ2n) is 4.50. The molecular weight excluding hydrogens is 236 g/mol. The van der Waals surface area contributed by atoms with E-state index in [1.165, 1.54) is 20.9 Å². The van der Waals surface area contributed by atoms with Crippen LogP contribution in [0.15, 0.2) is 49.0 Å². The molecule has 0 bridgehead atoms. The number of esters is 1. The fourth-order valence-electron chi connectivity index (χ4n) is 2.42. The zero-order valence-electron chi connectivity index (χ0n) is 10.8. The second-order valence-corrected chi connectivity index (χ2v) is 4.50. The molecule has 1 aliphatic rings. The van der Waals surface area contributed by atoms with Crippen molar-refractivity contribution in [3.05, 3.63) is 75.5 Å². The molecule has 0 heterocycles. The van der Waals surface area contributed by atoms with E-state index in [-0.39, 0.29) is 5.97 Å². The van der Waals surface area contributed by atoms with Gasteiger partial charge in [-0.15, -0.1) is 0 Å². The van der Waals surface area contributed by atoms with Gasteiger partial charge in [-0.3, -0.25) is 0 Å². The van der Waals surface area contributed by atoms with Crippen molar-refractivity contribution in [1.82, 2.24) is 0 Å². The fraction of sp³-hybridized carbons (Fsp3) is 0.118. The maximum absolute atomic E-state index is 11.7. The van der Waals surface area contributed by atoms with Crippen molar-refractivity contribution >= 4 is 11.5 Å². The molecule has 0 spiro atoms.